The lowest BCUT2D eigenvalue weighted by Crippen LogP contribution is -2.10. The maximum Gasteiger partial charge on any atom is 0.416 e. The average molecular weight is 375 g/mol. The van der Waals surface area contributed by atoms with Crippen LogP contribution >= 0.6 is 23.2 Å². The van der Waals surface area contributed by atoms with Crippen LogP contribution in [-0.2, 0) is 11.6 Å². The second-order valence-electron chi connectivity index (χ2n) is 5.98. The number of alkyl halides is 3. The number of rotatable bonds is 2. The van der Waals surface area contributed by atoms with Crippen molar-refractivity contribution >= 4 is 29.0 Å². The third-order valence-corrected chi connectivity index (χ3v) is 4.76. The van der Waals surface area contributed by atoms with E-state index < -0.39 is 11.7 Å². The third kappa shape index (κ3) is 2.60. The topological polar surface area (TPSA) is 67.6 Å². The minimum absolute atomic E-state index is 0.0239. The first-order valence-corrected chi connectivity index (χ1v) is 7.70. The SMILES string of the molecule is CC1(c2c(C#N)nn(-c3c(Cl)cc(C(F)(F)F)cc3Cl)c2N)CC1. The van der Waals surface area contributed by atoms with E-state index in [2.05, 4.69) is 5.10 Å². The van der Waals surface area contributed by atoms with Crippen LogP contribution in [0.15, 0.2) is 12.1 Å². The lowest BCUT2D eigenvalue weighted by Gasteiger charge is -2.14. The van der Waals surface area contributed by atoms with Gasteiger partial charge in [-0.2, -0.15) is 23.5 Å². The second kappa shape index (κ2) is 5.30. The fourth-order valence-corrected chi connectivity index (χ4v) is 3.29. The summed E-state index contributed by atoms with van der Waals surface area (Å²) >= 11 is 12.0. The summed E-state index contributed by atoms with van der Waals surface area (Å²) in [5.74, 6) is 0.162. The van der Waals surface area contributed by atoms with Crippen LogP contribution in [0, 0.1) is 11.3 Å². The van der Waals surface area contributed by atoms with Gasteiger partial charge in [-0.15, -0.1) is 0 Å². The van der Waals surface area contributed by atoms with Gasteiger partial charge in [-0.1, -0.05) is 30.1 Å². The van der Waals surface area contributed by atoms with Gasteiger partial charge in [-0.05, 0) is 30.4 Å². The molecule has 1 aliphatic rings. The lowest BCUT2D eigenvalue weighted by molar-refractivity contribution is -0.137. The minimum atomic E-state index is -4.58. The molecule has 0 atom stereocenters. The van der Waals surface area contributed by atoms with Crippen molar-refractivity contribution < 1.29 is 13.2 Å². The Labute approximate surface area is 145 Å². The molecule has 0 radical (unpaired) electrons. The molecule has 2 N–H and O–H groups in total. The Hall–Kier alpha value is -1.91. The Morgan fingerprint density at radius 3 is 2.25 bits per heavy atom. The molecule has 4 nitrogen and oxygen atoms in total. The summed E-state index contributed by atoms with van der Waals surface area (Å²) in [5, 5.41) is 12.9. The number of nitrogens with zero attached hydrogens (tertiary/aromatic N) is 3. The molecule has 1 fully saturated rings. The van der Waals surface area contributed by atoms with Crippen molar-refractivity contribution in [2.75, 3.05) is 5.73 Å². The number of nitriles is 1. The Bertz CT molecular complexity index is 853. The fraction of sp³-hybridized carbons (Fsp3) is 0.333. The van der Waals surface area contributed by atoms with E-state index in [0.717, 1.165) is 29.7 Å². The van der Waals surface area contributed by atoms with Crippen LogP contribution in [0.25, 0.3) is 5.69 Å². The highest BCUT2D eigenvalue weighted by Crippen LogP contribution is 2.51. The fourth-order valence-electron chi connectivity index (χ4n) is 2.64. The van der Waals surface area contributed by atoms with E-state index in [4.69, 9.17) is 28.9 Å². The summed E-state index contributed by atoms with van der Waals surface area (Å²) in [4.78, 5) is 0. The van der Waals surface area contributed by atoms with Crippen molar-refractivity contribution in [3.05, 3.63) is 39.0 Å². The molecule has 1 aliphatic carbocycles. The number of nitrogens with two attached hydrogens (primary N) is 1. The molecule has 2 aromatic rings. The van der Waals surface area contributed by atoms with E-state index in [1.54, 1.807) is 0 Å². The van der Waals surface area contributed by atoms with Crippen LogP contribution < -0.4 is 5.73 Å². The zero-order chi connectivity index (χ0) is 17.9. The Balaban J connectivity index is 2.21. The number of hydrogen-bond acceptors (Lipinski definition) is 3. The van der Waals surface area contributed by atoms with Gasteiger partial charge in [-0.3, -0.25) is 0 Å². The summed E-state index contributed by atoms with van der Waals surface area (Å²) in [5.41, 5.74) is 5.62. The highest BCUT2D eigenvalue weighted by molar-refractivity contribution is 6.38. The maximum atomic E-state index is 12.8. The van der Waals surface area contributed by atoms with Crippen molar-refractivity contribution in [2.45, 2.75) is 31.4 Å². The van der Waals surface area contributed by atoms with Crippen molar-refractivity contribution in [1.82, 2.24) is 9.78 Å². The normalized spacial score (nSPS) is 16.0. The Morgan fingerprint density at radius 1 is 1.29 bits per heavy atom. The number of hydrogen-bond donors (Lipinski definition) is 1. The van der Waals surface area contributed by atoms with Crippen molar-refractivity contribution in [3.63, 3.8) is 0 Å². The molecule has 9 heteroatoms. The zero-order valence-electron chi connectivity index (χ0n) is 12.4. The van der Waals surface area contributed by atoms with E-state index >= 15 is 0 Å². The highest BCUT2D eigenvalue weighted by Gasteiger charge is 2.45. The van der Waals surface area contributed by atoms with Gasteiger partial charge in [-0.25, -0.2) is 4.68 Å². The van der Waals surface area contributed by atoms with Gasteiger partial charge in [0.05, 0.1) is 15.6 Å². The Morgan fingerprint density at radius 2 is 1.83 bits per heavy atom. The number of halogens is 5. The first-order chi connectivity index (χ1) is 11.1. The van der Waals surface area contributed by atoms with E-state index in [9.17, 15) is 18.4 Å². The second-order valence-corrected chi connectivity index (χ2v) is 6.79. The highest BCUT2D eigenvalue weighted by atomic mass is 35.5. The first kappa shape index (κ1) is 16.9. The molecule has 0 amide bonds. The first-order valence-electron chi connectivity index (χ1n) is 6.94. The van der Waals surface area contributed by atoms with Crippen LogP contribution in [0.2, 0.25) is 10.0 Å². The monoisotopic (exact) mass is 374 g/mol. The number of aromatic nitrogens is 2. The van der Waals surface area contributed by atoms with Crippen LogP contribution in [-0.4, -0.2) is 9.78 Å². The smallest absolute Gasteiger partial charge is 0.383 e. The summed E-state index contributed by atoms with van der Waals surface area (Å²) in [6.45, 7) is 1.95. The van der Waals surface area contributed by atoms with Crippen LogP contribution in [0.1, 0.15) is 36.6 Å². The van der Waals surface area contributed by atoms with Gasteiger partial charge < -0.3 is 5.73 Å². The predicted molar refractivity (Wildman–Crippen MR) is 84.3 cm³/mol. The molecule has 24 heavy (non-hydrogen) atoms. The van der Waals surface area contributed by atoms with Gasteiger partial charge in [0.25, 0.3) is 0 Å². The predicted octanol–water partition coefficient (Wildman–Crippen LogP) is 4.70. The third-order valence-electron chi connectivity index (χ3n) is 4.19. The van der Waals surface area contributed by atoms with Gasteiger partial charge in [0.15, 0.2) is 5.69 Å². The van der Waals surface area contributed by atoms with E-state index in [0.29, 0.717) is 5.56 Å². The molecule has 3 rings (SSSR count). The minimum Gasteiger partial charge on any atom is -0.383 e. The quantitative estimate of drug-likeness (QED) is 0.827. The molecule has 1 heterocycles. The zero-order valence-corrected chi connectivity index (χ0v) is 13.9. The molecule has 1 saturated carbocycles. The molecule has 1 aromatic carbocycles. The van der Waals surface area contributed by atoms with Crippen molar-refractivity contribution in [3.8, 4) is 11.8 Å². The molecule has 0 unspecified atom stereocenters. The van der Waals surface area contributed by atoms with E-state index in [1.807, 2.05) is 13.0 Å². The molecule has 0 spiro atoms. The van der Waals surface area contributed by atoms with E-state index in [1.165, 1.54) is 0 Å². The molecular weight excluding hydrogens is 364 g/mol. The number of anilines is 1. The summed E-state index contributed by atoms with van der Waals surface area (Å²) in [7, 11) is 0. The maximum absolute atomic E-state index is 12.8. The molecular formula is C15H11Cl2F3N4. The van der Waals surface area contributed by atoms with Crippen LogP contribution in [0.4, 0.5) is 19.0 Å². The van der Waals surface area contributed by atoms with Gasteiger partial charge >= 0.3 is 6.18 Å². The standard InChI is InChI=1S/C15H11Cl2F3N4/c1-14(2-3-14)11-10(6-21)23-24(13(11)22)12-8(16)4-7(5-9(12)17)15(18,19)20/h4-5H,2-3,22H2,1H3. The van der Waals surface area contributed by atoms with Crippen molar-refractivity contribution in [2.24, 2.45) is 0 Å². The van der Waals surface area contributed by atoms with Gasteiger partial charge in [0.1, 0.15) is 17.6 Å². The van der Waals surface area contributed by atoms with Crippen molar-refractivity contribution in [1.29, 1.82) is 5.26 Å². The van der Waals surface area contributed by atoms with Crippen LogP contribution in [0.3, 0.4) is 0 Å². The van der Waals surface area contributed by atoms with Gasteiger partial charge in [0, 0.05) is 5.56 Å². The summed E-state index contributed by atoms with van der Waals surface area (Å²) in [6, 6.07) is 3.49. The average Bonchev–Trinajstić information content (AvgIpc) is 3.11. The number of benzene rings is 1. The lowest BCUT2D eigenvalue weighted by atomic mass is 9.98. The molecule has 1 aromatic heterocycles. The van der Waals surface area contributed by atoms with Gasteiger partial charge in [0.2, 0.25) is 0 Å². The summed E-state index contributed by atoms with van der Waals surface area (Å²) < 4.78 is 39.7. The largest absolute Gasteiger partial charge is 0.416 e. The summed E-state index contributed by atoms with van der Waals surface area (Å²) in [6.07, 6.45) is -2.87. The molecule has 0 saturated heterocycles. The Kier molecular flexibility index (Phi) is 3.74. The number of nitrogen functional groups attached to an aromatic ring is 1. The molecule has 0 aliphatic heterocycles. The van der Waals surface area contributed by atoms with Crippen LogP contribution in [0.5, 0.6) is 0 Å². The van der Waals surface area contributed by atoms with E-state index in [-0.39, 0.29) is 32.7 Å². The molecule has 0 bridgehead atoms. The molecule has 126 valence electrons.